The number of rotatable bonds is 2. The van der Waals surface area contributed by atoms with Crippen molar-refractivity contribution in [3.63, 3.8) is 0 Å². The van der Waals surface area contributed by atoms with Crippen LogP contribution in [0.2, 0.25) is 0 Å². The number of nitrogens with two attached hydrogens (primary N) is 1. The molecule has 1 heterocycles. The molecule has 0 aromatic rings. The molecule has 4 bridgehead atoms. The van der Waals surface area contributed by atoms with Gasteiger partial charge >= 0.3 is 6.17 Å². The maximum atomic E-state index is 13.1. The standard InChI is InChI=1S/C18H25N3O2/c1-20-14-4-12-3-13(12)21(14)16(22)15(19)17-5-10-2-11(6-17)8-18(23,7-10)9-17/h10-15,23H,2-9,19H2/t10?,11?,12?,13?,14?,15-,17?,18?/m1/s1. The Hall–Kier alpha value is -1.12. The minimum Gasteiger partial charge on any atom is -0.390 e. The molecule has 0 spiro atoms. The zero-order valence-electron chi connectivity index (χ0n) is 13.4. The molecule has 6 rings (SSSR count). The van der Waals surface area contributed by atoms with E-state index in [0.717, 1.165) is 38.5 Å². The highest BCUT2D eigenvalue weighted by Crippen LogP contribution is 2.63. The van der Waals surface area contributed by atoms with Gasteiger partial charge in [-0.3, -0.25) is 14.5 Å². The summed E-state index contributed by atoms with van der Waals surface area (Å²) in [6, 6.07) is -0.270. The quantitative estimate of drug-likeness (QED) is 0.759. The average molecular weight is 315 g/mol. The molecule has 0 aromatic carbocycles. The maximum Gasteiger partial charge on any atom is 0.301 e. The number of fused-ring (bicyclic) bond motifs is 1. The van der Waals surface area contributed by atoms with Gasteiger partial charge in [-0.2, -0.15) is 0 Å². The second kappa shape index (κ2) is 4.29. The predicted octanol–water partition coefficient (Wildman–Crippen LogP) is 1.51. The van der Waals surface area contributed by atoms with Crippen LogP contribution < -0.4 is 5.73 Å². The van der Waals surface area contributed by atoms with E-state index < -0.39 is 11.6 Å². The molecule has 5 unspecified atom stereocenters. The number of hydrogen-bond donors (Lipinski definition) is 2. The van der Waals surface area contributed by atoms with E-state index in [1.54, 1.807) is 0 Å². The van der Waals surface area contributed by atoms with Crippen molar-refractivity contribution in [1.29, 1.82) is 0 Å². The summed E-state index contributed by atoms with van der Waals surface area (Å²) in [7, 11) is 0. The molecule has 1 aliphatic heterocycles. The Morgan fingerprint density at radius 2 is 1.91 bits per heavy atom. The lowest BCUT2D eigenvalue weighted by molar-refractivity contribution is -0.177. The topological polar surface area (TPSA) is 70.9 Å². The second-order valence-electron chi connectivity index (χ2n) is 9.18. The highest BCUT2D eigenvalue weighted by Gasteiger charge is 2.63. The van der Waals surface area contributed by atoms with Gasteiger partial charge < -0.3 is 10.8 Å². The normalized spacial score (nSPS) is 53.8. The fourth-order valence-electron chi connectivity index (χ4n) is 6.93. The fraction of sp³-hybridized carbons (Fsp3) is 0.889. The van der Waals surface area contributed by atoms with Gasteiger partial charge in [0.15, 0.2) is 0 Å². The molecule has 23 heavy (non-hydrogen) atoms. The van der Waals surface area contributed by atoms with Gasteiger partial charge in [0, 0.05) is 12.5 Å². The summed E-state index contributed by atoms with van der Waals surface area (Å²) >= 11 is 0. The van der Waals surface area contributed by atoms with E-state index in [2.05, 4.69) is 4.85 Å². The number of carbonyl (C=O) groups is 1. The lowest BCUT2D eigenvalue weighted by Gasteiger charge is -2.61. The van der Waals surface area contributed by atoms with Crippen LogP contribution in [0.3, 0.4) is 0 Å². The Bertz CT molecular complexity index is 598. The van der Waals surface area contributed by atoms with Crippen LogP contribution in [0.15, 0.2) is 0 Å². The summed E-state index contributed by atoms with van der Waals surface area (Å²) < 4.78 is 0. The number of aliphatic hydroxyl groups is 1. The van der Waals surface area contributed by atoms with Crippen molar-refractivity contribution in [3.05, 3.63) is 11.4 Å². The molecule has 1 amide bonds. The molecule has 0 aromatic heterocycles. The van der Waals surface area contributed by atoms with E-state index >= 15 is 0 Å². The van der Waals surface area contributed by atoms with Crippen molar-refractivity contribution in [1.82, 2.24) is 4.90 Å². The van der Waals surface area contributed by atoms with Crippen molar-refractivity contribution >= 4 is 5.91 Å². The van der Waals surface area contributed by atoms with Crippen molar-refractivity contribution in [3.8, 4) is 0 Å². The van der Waals surface area contributed by atoms with Crippen molar-refractivity contribution < 1.29 is 9.90 Å². The van der Waals surface area contributed by atoms with Crippen molar-refractivity contribution in [2.24, 2.45) is 28.9 Å². The molecule has 5 saturated carbocycles. The molecule has 6 aliphatic rings. The zero-order valence-corrected chi connectivity index (χ0v) is 13.4. The van der Waals surface area contributed by atoms with Crippen LogP contribution in [0, 0.1) is 29.7 Å². The number of piperidine rings is 1. The molecule has 1 saturated heterocycles. The Morgan fingerprint density at radius 3 is 2.52 bits per heavy atom. The Balaban J connectivity index is 1.43. The largest absolute Gasteiger partial charge is 0.390 e. The van der Waals surface area contributed by atoms with Crippen LogP contribution in [0.4, 0.5) is 0 Å². The van der Waals surface area contributed by atoms with Crippen molar-refractivity contribution in [2.45, 2.75) is 75.2 Å². The zero-order chi connectivity index (χ0) is 16.0. The SMILES string of the molecule is [C-]#[N+]C1CC2CC2N1C(=O)[C@@H](N)C12CC3CC(CC(O)(C3)C1)C2. The monoisotopic (exact) mass is 315 g/mol. The molecule has 5 aliphatic carbocycles. The molecular formula is C18H25N3O2. The lowest BCUT2D eigenvalue weighted by atomic mass is 9.46. The first-order valence-electron chi connectivity index (χ1n) is 9.10. The number of nitrogens with zero attached hydrogens (tertiary/aromatic N) is 2. The number of hydrogen-bond acceptors (Lipinski definition) is 3. The summed E-state index contributed by atoms with van der Waals surface area (Å²) in [6.45, 7) is 7.38. The van der Waals surface area contributed by atoms with Gasteiger partial charge in [-0.15, -0.1) is 0 Å². The number of likely N-dealkylation sites (tertiary alicyclic amines) is 1. The van der Waals surface area contributed by atoms with Crippen LogP contribution in [0.25, 0.3) is 4.85 Å². The number of amides is 1. The molecular weight excluding hydrogens is 290 g/mol. The molecule has 5 nitrogen and oxygen atoms in total. The third-order valence-electron chi connectivity index (χ3n) is 7.48. The molecule has 3 N–H and O–H groups in total. The third-order valence-corrected chi connectivity index (χ3v) is 7.48. The Morgan fingerprint density at radius 1 is 1.22 bits per heavy atom. The van der Waals surface area contributed by atoms with E-state index in [-0.39, 0.29) is 23.5 Å². The maximum absolute atomic E-state index is 13.1. The molecule has 124 valence electrons. The first-order valence-corrected chi connectivity index (χ1v) is 9.10. The van der Waals surface area contributed by atoms with E-state index in [1.807, 2.05) is 4.90 Å². The highest BCUT2D eigenvalue weighted by molar-refractivity contribution is 5.84. The third kappa shape index (κ3) is 1.88. The van der Waals surface area contributed by atoms with Gasteiger partial charge in [-0.25, -0.2) is 6.57 Å². The number of carbonyl (C=O) groups excluding carboxylic acids is 1. The van der Waals surface area contributed by atoms with Crippen LogP contribution in [-0.4, -0.2) is 39.8 Å². The fourth-order valence-corrected chi connectivity index (χ4v) is 6.93. The predicted molar refractivity (Wildman–Crippen MR) is 83.8 cm³/mol. The molecule has 0 radical (unpaired) electrons. The average Bonchev–Trinajstić information content (AvgIpc) is 3.14. The summed E-state index contributed by atoms with van der Waals surface area (Å²) in [5.74, 6) is 1.58. The highest BCUT2D eigenvalue weighted by atomic mass is 16.3. The summed E-state index contributed by atoms with van der Waals surface area (Å²) in [5, 5.41) is 10.9. The van der Waals surface area contributed by atoms with Gasteiger partial charge in [-0.1, -0.05) is 0 Å². The Labute approximate surface area is 137 Å². The van der Waals surface area contributed by atoms with Gasteiger partial charge in [0.05, 0.1) is 11.6 Å². The van der Waals surface area contributed by atoms with Gasteiger partial charge in [0.2, 0.25) is 5.91 Å². The van der Waals surface area contributed by atoms with E-state index in [4.69, 9.17) is 12.3 Å². The minimum absolute atomic E-state index is 0.0125. The Kier molecular flexibility index (Phi) is 2.65. The van der Waals surface area contributed by atoms with Crippen LogP contribution in [-0.2, 0) is 4.79 Å². The summed E-state index contributed by atoms with van der Waals surface area (Å²) in [4.78, 5) is 18.6. The van der Waals surface area contributed by atoms with Gasteiger partial charge in [0.1, 0.15) is 0 Å². The molecule has 5 heteroatoms. The summed E-state index contributed by atoms with van der Waals surface area (Å²) in [6.07, 6.45) is 7.23. The van der Waals surface area contributed by atoms with Gasteiger partial charge in [0.25, 0.3) is 0 Å². The van der Waals surface area contributed by atoms with E-state index in [9.17, 15) is 9.90 Å². The smallest absolute Gasteiger partial charge is 0.301 e. The van der Waals surface area contributed by atoms with Crippen LogP contribution in [0.1, 0.15) is 51.4 Å². The molecule has 6 fully saturated rings. The van der Waals surface area contributed by atoms with Crippen LogP contribution >= 0.6 is 0 Å². The molecule has 6 atom stereocenters. The first-order chi connectivity index (χ1) is 10.9. The van der Waals surface area contributed by atoms with E-state index in [0.29, 0.717) is 24.2 Å². The first kappa shape index (κ1) is 14.2. The summed E-state index contributed by atoms with van der Waals surface area (Å²) in [5.41, 5.74) is 5.73. The van der Waals surface area contributed by atoms with Crippen molar-refractivity contribution in [2.75, 3.05) is 0 Å². The lowest BCUT2D eigenvalue weighted by Crippen LogP contribution is -2.64. The second-order valence-corrected chi connectivity index (χ2v) is 9.18. The van der Waals surface area contributed by atoms with Gasteiger partial charge in [-0.05, 0) is 68.1 Å². The minimum atomic E-state index is -0.589. The van der Waals surface area contributed by atoms with Crippen LogP contribution in [0.5, 0.6) is 0 Å². The van der Waals surface area contributed by atoms with E-state index in [1.165, 1.54) is 6.42 Å².